The molecule has 0 aliphatic rings. The quantitative estimate of drug-likeness (QED) is 0.647. The van der Waals surface area contributed by atoms with E-state index in [0.717, 1.165) is 17.4 Å². The van der Waals surface area contributed by atoms with E-state index in [1.165, 1.54) is 0 Å². The van der Waals surface area contributed by atoms with Crippen molar-refractivity contribution in [1.29, 1.82) is 0 Å². The van der Waals surface area contributed by atoms with Crippen molar-refractivity contribution in [3.63, 3.8) is 0 Å². The Kier molecular flexibility index (Phi) is 5.23. The first-order valence-corrected chi connectivity index (χ1v) is 8.65. The van der Waals surface area contributed by atoms with Crippen LogP contribution in [0.2, 0.25) is 0 Å². The smallest absolute Gasteiger partial charge is 0.244 e. The molecule has 0 aliphatic heterocycles. The summed E-state index contributed by atoms with van der Waals surface area (Å²) < 4.78 is 32.9. The number of methoxy groups -OCH3 is 2. The van der Waals surface area contributed by atoms with Crippen LogP contribution in [0, 0.1) is 0 Å². The van der Waals surface area contributed by atoms with Crippen LogP contribution in [0.5, 0.6) is 11.5 Å². The molecule has 0 aromatic heterocycles. The third-order valence-electron chi connectivity index (χ3n) is 3.05. The number of sulfonamides is 1. The van der Waals surface area contributed by atoms with Gasteiger partial charge in [0.05, 0.1) is 26.2 Å². The molecule has 1 N–H and O–H groups in total. The highest BCUT2D eigenvalue weighted by atomic mass is 32.2. The Bertz CT molecular complexity index is 732. The molecule has 0 saturated heterocycles. The van der Waals surface area contributed by atoms with E-state index in [-0.39, 0.29) is 0 Å². The van der Waals surface area contributed by atoms with Crippen molar-refractivity contribution in [1.82, 2.24) is 4.83 Å². The van der Waals surface area contributed by atoms with Gasteiger partial charge in [-0.05, 0) is 48.5 Å². The highest BCUT2D eigenvalue weighted by Gasteiger charge is 2.09. The van der Waals surface area contributed by atoms with Crippen LogP contribution in [0.25, 0.3) is 0 Å². The van der Waals surface area contributed by atoms with E-state index in [2.05, 4.69) is 9.93 Å². The Morgan fingerprint density at radius 1 is 0.870 bits per heavy atom. The van der Waals surface area contributed by atoms with Gasteiger partial charge in [-0.25, -0.2) is 13.2 Å². The van der Waals surface area contributed by atoms with Crippen LogP contribution in [-0.2, 0) is 10.0 Å². The van der Waals surface area contributed by atoms with Gasteiger partial charge in [0.2, 0.25) is 10.0 Å². The lowest BCUT2D eigenvalue weighted by Gasteiger charge is -2.09. The fourth-order valence-corrected chi connectivity index (χ4v) is 2.18. The highest BCUT2D eigenvalue weighted by molar-refractivity contribution is 7.88. The third-order valence-corrected chi connectivity index (χ3v) is 3.47. The van der Waals surface area contributed by atoms with Gasteiger partial charge in [0.15, 0.2) is 0 Å². The van der Waals surface area contributed by atoms with Gasteiger partial charge in [0.1, 0.15) is 11.5 Å². The predicted octanol–water partition coefficient (Wildman–Crippen LogP) is 2.01. The molecule has 122 valence electrons. The average Bonchev–Trinajstić information content (AvgIpc) is 2.55. The molecule has 0 heterocycles. The second kappa shape index (κ2) is 7.15. The number of rotatable bonds is 6. The van der Waals surface area contributed by atoms with Gasteiger partial charge in [-0.2, -0.15) is 5.10 Å². The molecule has 0 amide bonds. The first kappa shape index (κ1) is 16.8. The Morgan fingerprint density at radius 2 is 1.26 bits per heavy atom. The fourth-order valence-electron chi connectivity index (χ4n) is 1.92. The number of ether oxygens (including phenoxy) is 2. The van der Waals surface area contributed by atoms with Gasteiger partial charge < -0.3 is 9.47 Å². The summed E-state index contributed by atoms with van der Waals surface area (Å²) in [5.74, 6) is 1.41. The second-order valence-corrected chi connectivity index (χ2v) is 6.51. The number of benzene rings is 2. The van der Waals surface area contributed by atoms with Crippen LogP contribution in [-0.4, -0.2) is 34.6 Å². The zero-order valence-corrected chi connectivity index (χ0v) is 13.9. The summed E-state index contributed by atoms with van der Waals surface area (Å²) in [5, 5.41) is 4.04. The molecule has 23 heavy (non-hydrogen) atoms. The summed E-state index contributed by atoms with van der Waals surface area (Å²) >= 11 is 0. The average molecular weight is 334 g/mol. The summed E-state index contributed by atoms with van der Waals surface area (Å²) in [6.07, 6.45) is 1.05. The minimum atomic E-state index is -3.45. The predicted molar refractivity (Wildman–Crippen MR) is 89.6 cm³/mol. The lowest BCUT2D eigenvalue weighted by atomic mass is 10.0. The van der Waals surface area contributed by atoms with Gasteiger partial charge in [-0.15, -0.1) is 0 Å². The van der Waals surface area contributed by atoms with Crippen molar-refractivity contribution in [3.05, 3.63) is 59.7 Å². The zero-order chi connectivity index (χ0) is 16.9. The first-order chi connectivity index (χ1) is 10.9. The summed E-state index contributed by atoms with van der Waals surface area (Å²) in [6.45, 7) is 0. The SMILES string of the molecule is COc1ccc(C(=NNS(C)(=O)=O)c2ccc(OC)cc2)cc1. The lowest BCUT2D eigenvalue weighted by Crippen LogP contribution is -2.19. The molecule has 0 atom stereocenters. The van der Waals surface area contributed by atoms with Crippen LogP contribution in [0.4, 0.5) is 0 Å². The molecule has 0 radical (unpaired) electrons. The Morgan fingerprint density at radius 3 is 1.57 bits per heavy atom. The minimum absolute atomic E-state index is 0.501. The molecule has 0 spiro atoms. The van der Waals surface area contributed by atoms with Crippen molar-refractivity contribution in [2.45, 2.75) is 0 Å². The van der Waals surface area contributed by atoms with E-state index >= 15 is 0 Å². The van der Waals surface area contributed by atoms with E-state index in [4.69, 9.17) is 9.47 Å². The lowest BCUT2D eigenvalue weighted by molar-refractivity contribution is 0.414. The molecule has 2 aromatic carbocycles. The molecule has 7 heteroatoms. The zero-order valence-electron chi connectivity index (χ0n) is 13.1. The van der Waals surface area contributed by atoms with Crippen molar-refractivity contribution in [3.8, 4) is 11.5 Å². The molecule has 0 fully saturated rings. The van der Waals surface area contributed by atoms with E-state index < -0.39 is 10.0 Å². The summed E-state index contributed by atoms with van der Waals surface area (Å²) in [6, 6.07) is 14.4. The third kappa shape index (κ3) is 4.72. The maximum absolute atomic E-state index is 11.3. The highest BCUT2D eigenvalue weighted by Crippen LogP contribution is 2.18. The number of nitrogens with zero attached hydrogens (tertiary/aromatic N) is 1. The van der Waals surface area contributed by atoms with E-state index in [1.807, 2.05) is 24.3 Å². The maximum Gasteiger partial charge on any atom is 0.244 e. The van der Waals surface area contributed by atoms with Gasteiger partial charge in [-0.1, -0.05) is 0 Å². The van der Waals surface area contributed by atoms with Gasteiger partial charge >= 0.3 is 0 Å². The van der Waals surface area contributed by atoms with Crippen LogP contribution in [0.3, 0.4) is 0 Å². The standard InChI is InChI=1S/C16H18N2O4S/c1-21-14-8-4-12(5-9-14)16(17-18-23(3,19)20)13-6-10-15(22-2)11-7-13/h4-11,18H,1-3H3. The Balaban J connectivity index is 2.45. The van der Waals surface area contributed by atoms with Crippen molar-refractivity contribution < 1.29 is 17.9 Å². The van der Waals surface area contributed by atoms with Crippen molar-refractivity contribution in [2.24, 2.45) is 5.10 Å². The summed E-state index contributed by atoms with van der Waals surface area (Å²) in [5.41, 5.74) is 2.01. The molecule has 0 aliphatic carbocycles. The van der Waals surface area contributed by atoms with Gasteiger partial charge in [0.25, 0.3) is 0 Å². The number of nitrogens with one attached hydrogen (secondary N) is 1. The molecular weight excluding hydrogens is 316 g/mol. The van der Waals surface area contributed by atoms with Gasteiger partial charge in [0, 0.05) is 11.1 Å². The molecule has 2 aromatic rings. The summed E-state index contributed by atoms with van der Waals surface area (Å²) in [4.78, 5) is 2.17. The fraction of sp³-hybridized carbons (Fsp3) is 0.188. The van der Waals surface area contributed by atoms with E-state index in [1.54, 1.807) is 38.5 Å². The normalized spacial score (nSPS) is 10.7. The van der Waals surface area contributed by atoms with Crippen molar-refractivity contribution in [2.75, 3.05) is 20.5 Å². The monoisotopic (exact) mass is 334 g/mol. The Labute approximate surface area is 135 Å². The largest absolute Gasteiger partial charge is 0.497 e. The molecule has 6 nitrogen and oxygen atoms in total. The molecule has 2 rings (SSSR count). The van der Waals surface area contributed by atoms with Crippen LogP contribution in [0.1, 0.15) is 11.1 Å². The minimum Gasteiger partial charge on any atom is -0.497 e. The van der Waals surface area contributed by atoms with Crippen molar-refractivity contribution >= 4 is 15.7 Å². The Hall–Kier alpha value is -2.54. The first-order valence-electron chi connectivity index (χ1n) is 6.76. The summed E-state index contributed by atoms with van der Waals surface area (Å²) in [7, 11) is -0.284. The number of hydrazone groups is 1. The molecule has 0 saturated carbocycles. The topological polar surface area (TPSA) is 77.0 Å². The van der Waals surface area contributed by atoms with E-state index in [0.29, 0.717) is 17.2 Å². The molecular formula is C16H18N2O4S. The van der Waals surface area contributed by atoms with Crippen LogP contribution < -0.4 is 14.3 Å². The van der Waals surface area contributed by atoms with E-state index in [9.17, 15) is 8.42 Å². The maximum atomic E-state index is 11.3. The number of hydrogen-bond acceptors (Lipinski definition) is 5. The van der Waals surface area contributed by atoms with Crippen LogP contribution >= 0.6 is 0 Å². The van der Waals surface area contributed by atoms with Crippen LogP contribution in [0.15, 0.2) is 53.6 Å². The number of hydrogen-bond donors (Lipinski definition) is 1. The molecule has 0 unspecified atom stereocenters. The molecule has 0 bridgehead atoms. The second-order valence-electron chi connectivity index (χ2n) is 4.78. The van der Waals surface area contributed by atoms with Gasteiger partial charge in [-0.3, -0.25) is 0 Å².